The van der Waals surface area contributed by atoms with Gasteiger partial charge < -0.3 is 14.2 Å². The minimum absolute atomic E-state index is 0.0199. The van der Waals surface area contributed by atoms with Crippen molar-refractivity contribution in [3.05, 3.63) is 47.5 Å². The molecule has 0 aromatic heterocycles. The number of hydroxylamine groups is 2. The van der Waals surface area contributed by atoms with E-state index < -0.39 is 0 Å². The van der Waals surface area contributed by atoms with Crippen LogP contribution >= 0.6 is 0 Å². The molecule has 0 amide bonds. The summed E-state index contributed by atoms with van der Waals surface area (Å²) in [7, 11) is 0. The Hall–Kier alpha value is -1.24. The summed E-state index contributed by atoms with van der Waals surface area (Å²) in [4.78, 5) is 6.30. The third-order valence-corrected chi connectivity index (χ3v) is 9.32. The van der Waals surface area contributed by atoms with Crippen molar-refractivity contribution in [1.82, 2.24) is 5.06 Å². The van der Waals surface area contributed by atoms with E-state index in [-0.39, 0.29) is 23.5 Å². The van der Waals surface area contributed by atoms with Gasteiger partial charge in [0.2, 0.25) is 0 Å². The van der Waals surface area contributed by atoms with Crippen molar-refractivity contribution >= 4 is 0 Å². The summed E-state index contributed by atoms with van der Waals surface area (Å²) in [5, 5.41) is 2.27. The van der Waals surface area contributed by atoms with Crippen LogP contribution in [-0.2, 0) is 19.0 Å². The van der Waals surface area contributed by atoms with Gasteiger partial charge in [-0.3, -0.25) is 4.84 Å². The second-order valence-electron chi connectivity index (χ2n) is 13.7. The maximum Gasteiger partial charge on any atom is 0.160 e. The lowest BCUT2D eigenvalue weighted by molar-refractivity contribution is -0.277. The molecular formula is C35H57NO4. The van der Waals surface area contributed by atoms with Gasteiger partial charge in [0.15, 0.2) is 6.29 Å². The first-order chi connectivity index (χ1) is 19.2. The summed E-state index contributed by atoms with van der Waals surface area (Å²) < 4.78 is 18.2. The highest BCUT2D eigenvalue weighted by Crippen LogP contribution is 2.46. The van der Waals surface area contributed by atoms with Crippen molar-refractivity contribution in [2.75, 3.05) is 26.4 Å². The van der Waals surface area contributed by atoms with Gasteiger partial charge in [-0.2, -0.15) is 5.06 Å². The lowest BCUT2D eigenvalue weighted by atomic mass is 9.72. The van der Waals surface area contributed by atoms with E-state index >= 15 is 0 Å². The first-order valence-corrected chi connectivity index (χ1v) is 16.3. The monoisotopic (exact) mass is 555 g/mol. The first kappa shape index (κ1) is 31.7. The third-order valence-electron chi connectivity index (χ3n) is 9.32. The summed E-state index contributed by atoms with van der Waals surface area (Å²) in [6.45, 7) is 16.5. The highest BCUT2D eigenvalue weighted by Gasteiger charge is 2.46. The van der Waals surface area contributed by atoms with Crippen LogP contribution in [-0.4, -0.2) is 55.0 Å². The fourth-order valence-corrected chi connectivity index (χ4v) is 7.44. The Morgan fingerprint density at radius 2 is 1.43 bits per heavy atom. The number of hydrogen-bond acceptors (Lipinski definition) is 5. The van der Waals surface area contributed by atoms with Crippen molar-refractivity contribution in [3.8, 4) is 0 Å². The van der Waals surface area contributed by atoms with Crippen LogP contribution in [0.15, 0.2) is 36.4 Å². The van der Waals surface area contributed by atoms with E-state index in [0.29, 0.717) is 37.6 Å². The summed E-state index contributed by atoms with van der Waals surface area (Å²) in [5.41, 5.74) is 2.93. The molecule has 4 rings (SSSR count). The third kappa shape index (κ3) is 8.41. The van der Waals surface area contributed by atoms with Crippen molar-refractivity contribution in [2.45, 2.75) is 141 Å². The van der Waals surface area contributed by atoms with Crippen LogP contribution in [0, 0.1) is 5.92 Å². The number of benzene rings is 1. The lowest BCUT2D eigenvalue weighted by Crippen LogP contribution is -2.59. The van der Waals surface area contributed by atoms with Gasteiger partial charge in [0.1, 0.15) is 6.10 Å². The van der Waals surface area contributed by atoms with Crippen LogP contribution in [0.25, 0.3) is 0 Å². The molecule has 5 heteroatoms. The smallest absolute Gasteiger partial charge is 0.160 e. The Morgan fingerprint density at radius 3 is 2.00 bits per heavy atom. The summed E-state index contributed by atoms with van der Waals surface area (Å²) >= 11 is 0. The molecule has 3 fully saturated rings. The molecule has 0 atom stereocenters. The van der Waals surface area contributed by atoms with Gasteiger partial charge in [0.25, 0.3) is 0 Å². The average Bonchev–Trinajstić information content (AvgIpc) is 2.94. The van der Waals surface area contributed by atoms with E-state index in [2.05, 4.69) is 83.0 Å². The predicted octanol–water partition coefficient (Wildman–Crippen LogP) is 8.54. The second-order valence-corrected chi connectivity index (χ2v) is 13.7. The standard InChI is InChI=1S/C35H57NO4/c1-7-9-11-21-37-32-25-38-33(39-26-32)30-19-17-28(18-20-30)27-13-15-29(16-14-27)31-23-34(3,4)36(35(5,6)24-31)40-22-12-10-8-2/h10,12-16,28,30-33H,7-9,11,17-26H2,1-6H3/b12-10+. The van der Waals surface area contributed by atoms with Crippen molar-refractivity contribution in [2.24, 2.45) is 5.92 Å². The van der Waals surface area contributed by atoms with Gasteiger partial charge in [0.05, 0.1) is 19.8 Å². The molecule has 1 saturated carbocycles. The summed E-state index contributed by atoms with van der Waals surface area (Å²) in [6.07, 6.45) is 16.0. The molecule has 0 N–H and O–H groups in total. The highest BCUT2D eigenvalue weighted by atomic mass is 16.7. The highest BCUT2D eigenvalue weighted by molar-refractivity contribution is 5.29. The molecule has 40 heavy (non-hydrogen) atoms. The normalized spacial score (nSPS) is 29.6. The van der Waals surface area contributed by atoms with Crippen LogP contribution < -0.4 is 0 Å². The van der Waals surface area contributed by atoms with Crippen LogP contribution in [0.5, 0.6) is 0 Å². The topological polar surface area (TPSA) is 40.2 Å². The fourth-order valence-electron chi connectivity index (χ4n) is 7.44. The maximum absolute atomic E-state index is 6.30. The number of allylic oxidation sites excluding steroid dienone is 1. The van der Waals surface area contributed by atoms with E-state index in [1.807, 2.05) is 0 Å². The molecule has 0 bridgehead atoms. The molecule has 2 aliphatic heterocycles. The Labute approximate surface area is 244 Å². The summed E-state index contributed by atoms with van der Waals surface area (Å²) in [6, 6.07) is 9.64. The lowest BCUT2D eigenvalue weighted by Gasteiger charge is -2.54. The Balaban J connectivity index is 1.25. The molecular weight excluding hydrogens is 498 g/mol. The molecule has 2 heterocycles. The van der Waals surface area contributed by atoms with Gasteiger partial charge in [-0.05, 0) is 102 Å². The van der Waals surface area contributed by atoms with Crippen molar-refractivity contribution < 1.29 is 19.0 Å². The minimum Gasteiger partial charge on any atom is -0.373 e. The molecule has 0 unspecified atom stereocenters. The summed E-state index contributed by atoms with van der Waals surface area (Å²) in [5.74, 6) is 1.69. The number of rotatable bonds is 12. The number of unbranched alkanes of at least 4 members (excludes halogenated alkanes) is 2. The molecule has 1 aliphatic carbocycles. The van der Waals surface area contributed by atoms with E-state index in [9.17, 15) is 0 Å². The number of ether oxygens (including phenoxy) is 3. The number of piperidine rings is 1. The number of nitrogens with zero attached hydrogens (tertiary/aromatic N) is 1. The molecule has 226 valence electrons. The second kappa shape index (κ2) is 14.8. The quantitative estimate of drug-likeness (QED) is 0.191. The van der Waals surface area contributed by atoms with E-state index in [1.54, 1.807) is 0 Å². The van der Waals surface area contributed by atoms with Gasteiger partial charge in [-0.1, -0.05) is 63.1 Å². The number of hydrogen-bond donors (Lipinski definition) is 0. The molecule has 3 aliphatic rings. The zero-order chi connectivity index (χ0) is 28.6. The largest absolute Gasteiger partial charge is 0.373 e. The Morgan fingerprint density at radius 1 is 0.825 bits per heavy atom. The van der Waals surface area contributed by atoms with Gasteiger partial charge in [-0.25, -0.2) is 0 Å². The SMILES string of the molecule is CC/C=C/CON1C(C)(C)CC(c2ccc(C3CCC(C4OCC(OCCCCC)CO4)CC3)cc2)CC1(C)C. The molecule has 0 radical (unpaired) electrons. The van der Waals surface area contributed by atoms with E-state index in [4.69, 9.17) is 19.0 Å². The van der Waals surface area contributed by atoms with Crippen molar-refractivity contribution in [1.29, 1.82) is 0 Å². The fraction of sp³-hybridized carbons (Fsp3) is 0.771. The van der Waals surface area contributed by atoms with Crippen molar-refractivity contribution in [3.63, 3.8) is 0 Å². The first-order valence-electron chi connectivity index (χ1n) is 16.3. The van der Waals surface area contributed by atoms with E-state index in [1.165, 1.54) is 49.7 Å². The van der Waals surface area contributed by atoms with Gasteiger partial charge in [0, 0.05) is 23.6 Å². The minimum atomic E-state index is -0.0527. The average molecular weight is 556 g/mol. The molecule has 1 aromatic rings. The van der Waals surface area contributed by atoms with Crippen LogP contribution in [0.1, 0.15) is 129 Å². The van der Waals surface area contributed by atoms with Gasteiger partial charge >= 0.3 is 0 Å². The molecule has 1 aromatic carbocycles. The molecule has 2 saturated heterocycles. The van der Waals surface area contributed by atoms with E-state index in [0.717, 1.165) is 32.3 Å². The zero-order valence-corrected chi connectivity index (χ0v) is 26.3. The van der Waals surface area contributed by atoms with Crippen LogP contribution in [0.3, 0.4) is 0 Å². The zero-order valence-electron chi connectivity index (χ0n) is 26.3. The van der Waals surface area contributed by atoms with Crippen LogP contribution in [0.4, 0.5) is 0 Å². The van der Waals surface area contributed by atoms with Gasteiger partial charge in [-0.15, -0.1) is 0 Å². The predicted molar refractivity (Wildman–Crippen MR) is 163 cm³/mol. The maximum atomic E-state index is 6.30. The molecule has 0 spiro atoms. The van der Waals surface area contributed by atoms with Crippen LogP contribution in [0.2, 0.25) is 0 Å². The Kier molecular flexibility index (Phi) is 11.7. The Bertz CT molecular complexity index is 876. The molecule has 5 nitrogen and oxygen atoms in total.